The molecule has 0 bridgehead atoms. The van der Waals surface area contributed by atoms with E-state index in [1.165, 1.54) is 18.2 Å². The second kappa shape index (κ2) is 8.95. The number of hydrogen-bond donors (Lipinski definition) is 2. The van der Waals surface area contributed by atoms with Crippen LogP contribution in [0.25, 0.3) is 0 Å². The molecule has 1 saturated heterocycles. The quantitative estimate of drug-likeness (QED) is 0.849. The molecule has 1 aliphatic heterocycles. The molecule has 23 heavy (non-hydrogen) atoms. The Morgan fingerprint density at radius 1 is 1.39 bits per heavy atom. The fourth-order valence-corrected chi connectivity index (χ4v) is 2.11. The van der Waals surface area contributed by atoms with Gasteiger partial charge in [0.25, 0.3) is 0 Å². The van der Waals surface area contributed by atoms with Gasteiger partial charge in [0.1, 0.15) is 5.75 Å². The Hall–Kier alpha value is -1.51. The molecule has 0 spiro atoms. The van der Waals surface area contributed by atoms with E-state index >= 15 is 0 Å². The molecule has 2 rings (SSSR count). The van der Waals surface area contributed by atoms with E-state index in [4.69, 9.17) is 4.74 Å². The van der Waals surface area contributed by atoms with Crippen LogP contribution in [0.3, 0.4) is 0 Å². The number of para-hydroxylation sites is 1. The minimum absolute atomic E-state index is 0. The first-order valence-electron chi connectivity index (χ1n) is 6.85. The predicted octanol–water partition coefficient (Wildman–Crippen LogP) is 2.00. The standard InChI is InChI=1S/C14H17F3N2O3.ClH/c15-14(16,17)22-12-4-2-1-3-10(12)8-19-13(20)7-11-9-21-6-5-18-11;/h1-4,11,18H,5-9H2,(H,19,20);1H. The fraction of sp³-hybridized carbons (Fsp3) is 0.500. The lowest BCUT2D eigenvalue weighted by atomic mass is 10.1. The van der Waals surface area contributed by atoms with Crippen LogP contribution < -0.4 is 15.4 Å². The van der Waals surface area contributed by atoms with Gasteiger partial charge in [0, 0.05) is 31.1 Å². The van der Waals surface area contributed by atoms with Crippen molar-refractivity contribution in [2.75, 3.05) is 19.8 Å². The number of halogens is 4. The van der Waals surface area contributed by atoms with E-state index < -0.39 is 6.36 Å². The summed E-state index contributed by atoms with van der Waals surface area (Å²) in [4.78, 5) is 11.8. The van der Waals surface area contributed by atoms with Gasteiger partial charge in [0.05, 0.1) is 13.2 Å². The second-order valence-corrected chi connectivity index (χ2v) is 4.86. The number of nitrogens with one attached hydrogen (secondary N) is 2. The summed E-state index contributed by atoms with van der Waals surface area (Å²) < 4.78 is 46.1. The average Bonchev–Trinajstić information content (AvgIpc) is 2.46. The Bertz CT molecular complexity index is 508. The molecule has 5 nitrogen and oxygen atoms in total. The van der Waals surface area contributed by atoms with Gasteiger partial charge in [-0.1, -0.05) is 18.2 Å². The second-order valence-electron chi connectivity index (χ2n) is 4.86. The highest BCUT2D eigenvalue weighted by Gasteiger charge is 2.32. The number of alkyl halides is 3. The van der Waals surface area contributed by atoms with Crippen molar-refractivity contribution in [3.8, 4) is 5.75 Å². The van der Waals surface area contributed by atoms with Crippen LogP contribution in [0.5, 0.6) is 5.75 Å². The van der Waals surface area contributed by atoms with Crippen molar-refractivity contribution < 1.29 is 27.4 Å². The van der Waals surface area contributed by atoms with Gasteiger partial charge in [-0.25, -0.2) is 0 Å². The van der Waals surface area contributed by atoms with Gasteiger partial charge < -0.3 is 20.1 Å². The topological polar surface area (TPSA) is 59.6 Å². The van der Waals surface area contributed by atoms with Crippen LogP contribution in [0.15, 0.2) is 24.3 Å². The molecule has 1 aromatic carbocycles. The van der Waals surface area contributed by atoms with E-state index in [0.717, 1.165) is 0 Å². The third kappa shape index (κ3) is 7.06. The number of ether oxygens (including phenoxy) is 2. The Morgan fingerprint density at radius 2 is 2.13 bits per heavy atom. The van der Waals surface area contributed by atoms with Crippen molar-refractivity contribution in [3.63, 3.8) is 0 Å². The summed E-state index contributed by atoms with van der Waals surface area (Å²) in [5, 5.41) is 5.72. The van der Waals surface area contributed by atoms with E-state index in [1.54, 1.807) is 6.07 Å². The monoisotopic (exact) mass is 354 g/mol. The molecule has 1 fully saturated rings. The number of hydrogen-bond acceptors (Lipinski definition) is 4. The van der Waals surface area contributed by atoms with Crippen LogP contribution in [-0.4, -0.2) is 38.1 Å². The van der Waals surface area contributed by atoms with Gasteiger partial charge in [-0.3, -0.25) is 4.79 Å². The molecule has 0 aliphatic carbocycles. The number of carbonyl (C=O) groups excluding carboxylic acids is 1. The number of amides is 1. The zero-order chi connectivity index (χ0) is 16.0. The molecule has 1 atom stereocenters. The highest BCUT2D eigenvalue weighted by Crippen LogP contribution is 2.26. The first kappa shape index (κ1) is 19.5. The van der Waals surface area contributed by atoms with Crippen molar-refractivity contribution in [2.45, 2.75) is 25.4 Å². The molecule has 130 valence electrons. The normalized spacial score (nSPS) is 18.0. The van der Waals surface area contributed by atoms with Crippen LogP contribution in [-0.2, 0) is 16.1 Å². The summed E-state index contributed by atoms with van der Waals surface area (Å²) in [7, 11) is 0. The van der Waals surface area contributed by atoms with Gasteiger partial charge in [-0.2, -0.15) is 0 Å². The molecule has 1 heterocycles. The minimum atomic E-state index is -4.76. The molecule has 1 unspecified atom stereocenters. The van der Waals surface area contributed by atoms with Gasteiger partial charge in [0.2, 0.25) is 5.91 Å². The lowest BCUT2D eigenvalue weighted by Crippen LogP contribution is -2.44. The predicted molar refractivity (Wildman–Crippen MR) is 79.4 cm³/mol. The van der Waals surface area contributed by atoms with E-state index in [9.17, 15) is 18.0 Å². The summed E-state index contributed by atoms with van der Waals surface area (Å²) in [5.41, 5.74) is 0.265. The number of benzene rings is 1. The molecule has 0 radical (unpaired) electrons. The Labute approximate surface area is 137 Å². The number of carbonyl (C=O) groups is 1. The van der Waals surface area contributed by atoms with E-state index in [-0.39, 0.29) is 48.6 Å². The largest absolute Gasteiger partial charge is 0.573 e. The molecular formula is C14H18ClF3N2O3. The number of rotatable bonds is 5. The van der Waals surface area contributed by atoms with E-state index in [2.05, 4.69) is 15.4 Å². The molecule has 1 amide bonds. The first-order chi connectivity index (χ1) is 10.4. The molecular weight excluding hydrogens is 337 g/mol. The first-order valence-corrected chi connectivity index (χ1v) is 6.85. The summed E-state index contributed by atoms with van der Waals surface area (Å²) >= 11 is 0. The zero-order valence-corrected chi connectivity index (χ0v) is 13.0. The molecule has 9 heteroatoms. The van der Waals surface area contributed by atoms with E-state index in [0.29, 0.717) is 19.8 Å². The highest BCUT2D eigenvalue weighted by atomic mass is 35.5. The maximum Gasteiger partial charge on any atom is 0.573 e. The van der Waals surface area contributed by atoms with Crippen LogP contribution >= 0.6 is 12.4 Å². The molecule has 0 aromatic heterocycles. The van der Waals surface area contributed by atoms with Crippen molar-refractivity contribution in [1.82, 2.24) is 10.6 Å². The van der Waals surface area contributed by atoms with Gasteiger partial charge in [-0.05, 0) is 6.07 Å². The molecule has 0 saturated carbocycles. The maximum atomic E-state index is 12.3. The lowest BCUT2D eigenvalue weighted by Gasteiger charge is -2.23. The van der Waals surface area contributed by atoms with Crippen LogP contribution in [0.4, 0.5) is 13.2 Å². The minimum Gasteiger partial charge on any atom is -0.405 e. The Kier molecular flexibility index (Phi) is 7.60. The summed E-state index contributed by atoms with van der Waals surface area (Å²) in [6, 6.07) is 5.64. The Balaban J connectivity index is 0.00000264. The number of morpholine rings is 1. The summed E-state index contributed by atoms with van der Waals surface area (Å²) in [6.07, 6.45) is -4.55. The summed E-state index contributed by atoms with van der Waals surface area (Å²) in [5.74, 6) is -0.570. The molecule has 1 aliphatic rings. The smallest absolute Gasteiger partial charge is 0.405 e. The zero-order valence-electron chi connectivity index (χ0n) is 12.2. The van der Waals surface area contributed by atoms with Gasteiger partial charge >= 0.3 is 6.36 Å². The van der Waals surface area contributed by atoms with Gasteiger partial charge in [-0.15, -0.1) is 25.6 Å². The highest BCUT2D eigenvalue weighted by molar-refractivity contribution is 5.85. The molecule has 2 N–H and O–H groups in total. The maximum absolute atomic E-state index is 12.3. The summed E-state index contributed by atoms with van der Waals surface area (Å²) in [6.45, 7) is 1.71. The molecule has 1 aromatic rings. The van der Waals surface area contributed by atoms with Crippen LogP contribution in [0.1, 0.15) is 12.0 Å². The van der Waals surface area contributed by atoms with Crippen molar-refractivity contribution in [2.24, 2.45) is 0 Å². The van der Waals surface area contributed by atoms with Crippen molar-refractivity contribution >= 4 is 18.3 Å². The lowest BCUT2D eigenvalue weighted by molar-refractivity contribution is -0.274. The van der Waals surface area contributed by atoms with Crippen molar-refractivity contribution in [3.05, 3.63) is 29.8 Å². The van der Waals surface area contributed by atoms with Crippen LogP contribution in [0.2, 0.25) is 0 Å². The third-order valence-corrected chi connectivity index (χ3v) is 3.10. The third-order valence-electron chi connectivity index (χ3n) is 3.10. The fourth-order valence-electron chi connectivity index (χ4n) is 2.11. The van der Waals surface area contributed by atoms with Crippen LogP contribution in [0, 0.1) is 0 Å². The average molecular weight is 355 g/mol. The SMILES string of the molecule is Cl.O=C(CC1COCCN1)NCc1ccccc1OC(F)(F)F. The van der Waals surface area contributed by atoms with Crippen molar-refractivity contribution in [1.29, 1.82) is 0 Å². The van der Waals surface area contributed by atoms with Gasteiger partial charge in [0.15, 0.2) is 0 Å². The van der Waals surface area contributed by atoms with E-state index in [1.807, 2.05) is 0 Å². The Morgan fingerprint density at radius 3 is 2.78 bits per heavy atom.